The van der Waals surface area contributed by atoms with Crippen molar-refractivity contribution in [2.24, 2.45) is 0 Å². The van der Waals surface area contributed by atoms with Crippen molar-refractivity contribution in [3.05, 3.63) is 0 Å². The average Bonchev–Trinajstić information content (AvgIpc) is 2.32. The van der Waals surface area contributed by atoms with E-state index in [9.17, 15) is 4.79 Å². The second kappa shape index (κ2) is 8.71. The topological polar surface area (TPSA) is 29.5 Å². The lowest BCUT2D eigenvalue weighted by molar-refractivity contribution is -0.124. The lowest BCUT2D eigenvalue weighted by atomic mass is 10.0. The van der Waals surface area contributed by atoms with Gasteiger partial charge in [-0.15, -0.1) is 0 Å². The third kappa shape index (κ3) is 4.62. The van der Waals surface area contributed by atoms with Gasteiger partial charge in [0, 0.05) is 26.1 Å². The highest BCUT2D eigenvalue weighted by molar-refractivity contribution is 5.83. The molecule has 0 fully saturated rings. The Morgan fingerprint density at radius 3 is 2.19 bits per heavy atom. The first-order valence-corrected chi connectivity index (χ1v) is 6.39. The largest absolute Gasteiger partial charge is 0.383 e. The fraction of sp³-hybridized carbons (Fsp3) is 0.923. The molecule has 0 saturated carbocycles. The molecule has 96 valence electrons. The van der Waals surface area contributed by atoms with Gasteiger partial charge in [-0.3, -0.25) is 9.69 Å². The molecule has 0 bridgehead atoms. The molecule has 0 spiro atoms. The fourth-order valence-electron chi connectivity index (χ4n) is 2.13. The van der Waals surface area contributed by atoms with Gasteiger partial charge < -0.3 is 4.74 Å². The summed E-state index contributed by atoms with van der Waals surface area (Å²) in [4.78, 5) is 14.1. The van der Waals surface area contributed by atoms with Crippen LogP contribution in [0.25, 0.3) is 0 Å². The summed E-state index contributed by atoms with van der Waals surface area (Å²) < 4.78 is 5.12. The van der Waals surface area contributed by atoms with Crippen LogP contribution < -0.4 is 0 Å². The van der Waals surface area contributed by atoms with Crippen LogP contribution in [0.1, 0.15) is 47.0 Å². The minimum absolute atomic E-state index is 0.0186. The Morgan fingerprint density at radius 2 is 1.81 bits per heavy atom. The Hall–Kier alpha value is -0.410. The molecule has 16 heavy (non-hydrogen) atoms. The molecule has 0 aromatic carbocycles. The molecule has 0 aliphatic heterocycles. The number of hydrogen-bond acceptors (Lipinski definition) is 3. The van der Waals surface area contributed by atoms with E-state index >= 15 is 0 Å². The van der Waals surface area contributed by atoms with E-state index in [0.29, 0.717) is 24.9 Å². The molecular formula is C13H27NO2. The Bertz CT molecular complexity index is 190. The van der Waals surface area contributed by atoms with Crippen molar-refractivity contribution >= 4 is 5.78 Å². The normalized spacial score (nSPS) is 13.4. The fourth-order valence-corrected chi connectivity index (χ4v) is 2.13. The Kier molecular flexibility index (Phi) is 8.49. The zero-order valence-electron chi connectivity index (χ0n) is 11.5. The van der Waals surface area contributed by atoms with Crippen LogP contribution in [-0.2, 0) is 9.53 Å². The first-order chi connectivity index (χ1) is 7.62. The Labute approximate surface area is 100 Å². The smallest absolute Gasteiger partial charge is 0.149 e. The second-order valence-electron chi connectivity index (χ2n) is 4.20. The third-order valence-corrected chi connectivity index (χ3v) is 3.28. The number of carbonyl (C=O) groups excluding carboxylic acids is 1. The number of nitrogens with zero attached hydrogens (tertiary/aromatic N) is 1. The summed E-state index contributed by atoms with van der Waals surface area (Å²) in [5.41, 5.74) is 0. The van der Waals surface area contributed by atoms with Crippen LogP contribution in [0.4, 0.5) is 0 Å². The minimum atomic E-state index is 0.0186. The van der Waals surface area contributed by atoms with Crippen LogP contribution in [0.3, 0.4) is 0 Å². The number of methoxy groups -OCH3 is 1. The van der Waals surface area contributed by atoms with Crippen LogP contribution >= 0.6 is 0 Å². The predicted octanol–water partition coefficient (Wildman–Crippen LogP) is 2.49. The second-order valence-corrected chi connectivity index (χ2v) is 4.20. The SMILES string of the molecule is CCC(=O)C(C)N(CCOC)C(CC)CC. The van der Waals surface area contributed by atoms with Gasteiger partial charge in [0.05, 0.1) is 12.6 Å². The van der Waals surface area contributed by atoms with Crippen molar-refractivity contribution in [1.82, 2.24) is 4.90 Å². The summed E-state index contributed by atoms with van der Waals surface area (Å²) in [5, 5.41) is 0. The standard InChI is InChI=1S/C13H27NO2/c1-6-12(7-2)14(9-10-16-5)11(4)13(15)8-3/h11-12H,6-10H2,1-5H3. The molecule has 0 radical (unpaired) electrons. The molecule has 3 heteroatoms. The van der Waals surface area contributed by atoms with Crippen molar-refractivity contribution in [3.8, 4) is 0 Å². The van der Waals surface area contributed by atoms with E-state index < -0.39 is 0 Å². The molecule has 0 amide bonds. The van der Waals surface area contributed by atoms with Gasteiger partial charge in [0.2, 0.25) is 0 Å². The van der Waals surface area contributed by atoms with Crippen molar-refractivity contribution in [2.45, 2.75) is 59.0 Å². The lowest BCUT2D eigenvalue weighted by Crippen LogP contribution is -2.46. The highest BCUT2D eigenvalue weighted by atomic mass is 16.5. The molecule has 0 aromatic rings. The number of carbonyl (C=O) groups is 1. The first kappa shape index (κ1) is 15.6. The first-order valence-electron chi connectivity index (χ1n) is 6.39. The van der Waals surface area contributed by atoms with E-state index in [1.54, 1.807) is 7.11 Å². The van der Waals surface area contributed by atoms with E-state index in [1.807, 2.05) is 13.8 Å². The zero-order valence-corrected chi connectivity index (χ0v) is 11.5. The molecule has 0 N–H and O–H groups in total. The maximum Gasteiger partial charge on any atom is 0.149 e. The molecule has 0 saturated heterocycles. The number of ether oxygens (including phenoxy) is 1. The van der Waals surface area contributed by atoms with Gasteiger partial charge in [-0.05, 0) is 19.8 Å². The molecule has 0 aromatic heterocycles. The third-order valence-electron chi connectivity index (χ3n) is 3.28. The van der Waals surface area contributed by atoms with Gasteiger partial charge in [0.1, 0.15) is 5.78 Å². The summed E-state index contributed by atoms with van der Waals surface area (Å²) in [7, 11) is 1.71. The van der Waals surface area contributed by atoms with Gasteiger partial charge in [-0.1, -0.05) is 20.8 Å². The van der Waals surface area contributed by atoms with E-state index in [-0.39, 0.29) is 6.04 Å². The molecule has 1 unspecified atom stereocenters. The van der Waals surface area contributed by atoms with Gasteiger partial charge in [0.25, 0.3) is 0 Å². The number of Topliss-reactive ketones (excluding diaryl/α,β-unsaturated/α-hetero) is 1. The monoisotopic (exact) mass is 229 g/mol. The van der Waals surface area contributed by atoms with Crippen LogP contribution in [0, 0.1) is 0 Å². The van der Waals surface area contributed by atoms with E-state index in [0.717, 1.165) is 19.4 Å². The van der Waals surface area contributed by atoms with E-state index in [4.69, 9.17) is 4.74 Å². The van der Waals surface area contributed by atoms with Crippen molar-refractivity contribution < 1.29 is 9.53 Å². The van der Waals surface area contributed by atoms with Crippen LogP contribution in [0.2, 0.25) is 0 Å². The quantitative estimate of drug-likeness (QED) is 0.608. The van der Waals surface area contributed by atoms with Gasteiger partial charge in [-0.25, -0.2) is 0 Å². The molecule has 0 aliphatic carbocycles. The zero-order chi connectivity index (χ0) is 12.6. The lowest BCUT2D eigenvalue weighted by Gasteiger charge is -2.34. The molecular weight excluding hydrogens is 202 g/mol. The highest BCUT2D eigenvalue weighted by Crippen LogP contribution is 2.14. The number of hydrogen-bond donors (Lipinski definition) is 0. The van der Waals surface area contributed by atoms with Crippen LogP contribution in [-0.4, -0.2) is 43.0 Å². The number of rotatable bonds is 9. The number of ketones is 1. The summed E-state index contributed by atoms with van der Waals surface area (Å²) in [5.74, 6) is 0.322. The minimum Gasteiger partial charge on any atom is -0.383 e. The van der Waals surface area contributed by atoms with Gasteiger partial charge >= 0.3 is 0 Å². The molecule has 0 aliphatic rings. The maximum absolute atomic E-state index is 11.8. The van der Waals surface area contributed by atoms with E-state index in [1.165, 1.54) is 0 Å². The maximum atomic E-state index is 11.8. The summed E-state index contributed by atoms with van der Waals surface area (Å²) in [6, 6.07) is 0.505. The summed E-state index contributed by atoms with van der Waals surface area (Å²) >= 11 is 0. The van der Waals surface area contributed by atoms with Crippen molar-refractivity contribution in [1.29, 1.82) is 0 Å². The van der Waals surface area contributed by atoms with Crippen molar-refractivity contribution in [2.75, 3.05) is 20.3 Å². The molecule has 3 nitrogen and oxygen atoms in total. The molecule has 0 rings (SSSR count). The predicted molar refractivity (Wildman–Crippen MR) is 67.7 cm³/mol. The van der Waals surface area contributed by atoms with E-state index in [2.05, 4.69) is 18.7 Å². The molecule has 0 heterocycles. The summed E-state index contributed by atoms with van der Waals surface area (Å²) in [6.45, 7) is 9.84. The van der Waals surface area contributed by atoms with Crippen molar-refractivity contribution in [3.63, 3.8) is 0 Å². The van der Waals surface area contributed by atoms with Crippen LogP contribution in [0.15, 0.2) is 0 Å². The molecule has 1 atom stereocenters. The Morgan fingerprint density at radius 1 is 1.25 bits per heavy atom. The summed E-state index contributed by atoms with van der Waals surface area (Å²) in [6.07, 6.45) is 2.79. The van der Waals surface area contributed by atoms with Gasteiger partial charge in [0.15, 0.2) is 0 Å². The average molecular weight is 229 g/mol. The van der Waals surface area contributed by atoms with Gasteiger partial charge in [-0.2, -0.15) is 0 Å². The Balaban J connectivity index is 4.56. The van der Waals surface area contributed by atoms with Crippen LogP contribution in [0.5, 0.6) is 0 Å². The highest BCUT2D eigenvalue weighted by Gasteiger charge is 2.24.